The number of rotatable bonds is 5. The van der Waals surface area contributed by atoms with Crippen molar-refractivity contribution in [2.45, 2.75) is 41.5 Å². The van der Waals surface area contributed by atoms with Crippen LogP contribution in [-0.4, -0.2) is 11.3 Å². The van der Waals surface area contributed by atoms with Crippen molar-refractivity contribution >= 4 is 55.6 Å². The number of nitrogens with zero attached hydrogens (tertiary/aromatic N) is 1. The molecule has 0 bridgehead atoms. The van der Waals surface area contributed by atoms with Crippen LogP contribution >= 0.6 is 11.3 Å². The van der Waals surface area contributed by atoms with E-state index in [9.17, 15) is 0 Å². The fourth-order valence-electron chi connectivity index (χ4n) is 7.36. The van der Waals surface area contributed by atoms with Crippen molar-refractivity contribution in [2.75, 3.05) is 0 Å². The SMILES string of the molecule is Cc1cc(C)c(B(c2ccc(-c3ccc(-n4c5ccccc5c5ccccc54)cc3)s2)c2c(C)cc(C)cc2C)c(C)c1. The van der Waals surface area contributed by atoms with E-state index in [1.54, 1.807) is 0 Å². The van der Waals surface area contributed by atoms with Crippen LogP contribution in [0.3, 0.4) is 0 Å². The number of fused-ring (bicyclic) bond motifs is 3. The quantitative estimate of drug-likeness (QED) is 0.181. The number of para-hydroxylation sites is 2. The lowest BCUT2D eigenvalue weighted by Crippen LogP contribution is -2.54. The average Bonchev–Trinajstić information content (AvgIpc) is 3.59. The predicted octanol–water partition coefficient (Wildman–Crippen LogP) is 8.88. The van der Waals surface area contributed by atoms with Crippen molar-refractivity contribution in [3.63, 3.8) is 0 Å². The third-order valence-electron chi connectivity index (χ3n) is 8.95. The maximum Gasteiger partial charge on any atom is 0.255 e. The van der Waals surface area contributed by atoms with E-state index in [-0.39, 0.29) is 6.71 Å². The van der Waals surface area contributed by atoms with Crippen LogP contribution in [0.2, 0.25) is 0 Å². The first kappa shape index (κ1) is 27.5. The molecule has 0 saturated carbocycles. The van der Waals surface area contributed by atoms with Gasteiger partial charge in [-0.3, -0.25) is 0 Å². The standard InChI is InChI=1S/C40H36BNS/c1-25-21-27(3)39(28(4)22-25)41(40-29(5)23-26(2)24-30(40)6)38-20-19-37(43-38)31-15-17-32(18-16-31)42-35-13-9-7-11-33(35)34-12-8-10-14-36(34)42/h7-24H,1-6H3. The summed E-state index contributed by atoms with van der Waals surface area (Å²) in [6, 6.07) is 40.6. The molecule has 0 atom stereocenters. The maximum atomic E-state index is 2.39. The molecular weight excluding hydrogens is 537 g/mol. The van der Waals surface area contributed by atoms with Crippen LogP contribution < -0.4 is 15.7 Å². The first-order valence-corrected chi connectivity index (χ1v) is 16.0. The molecule has 0 radical (unpaired) electrons. The van der Waals surface area contributed by atoms with Gasteiger partial charge in [0.25, 0.3) is 6.71 Å². The van der Waals surface area contributed by atoms with Crippen molar-refractivity contribution in [3.8, 4) is 16.1 Å². The summed E-state index contributed by atoms with van der Waals surface area (Å²) in [5, 5.41) is 2.58. The van der Waals surface area contributed by atoms with Crippen molar-refractivity contribution in [1.29, 1.82) is 0 Å². The first-order chi connectivity index (χ1) is 20.8. The lowest BCUT2D eigenvalue weighted by molar-refractivity contribution is 1.18. The monoisotopic (exact) mass is 573 g/mol. The van der Waals surface area contributed by atoms with Crippen LogP contribution in [0, 0.1) is 41.5 Å². The van der Waals surface area contributed by atoms with Crippen LogP contribution in [0.5, 0.6) is 0 Å². The Hall–Kier alpha value is -4.34. The van der Waals surface area contributed by atoms with Gasteiger partial charge in [0.2, 0.25) is 0 Å². The zero-order chi connectivity index (χ0) is 29.8. The lowest BCUT2D eigenvalue weighted by atomic mass is 9.37. The third kappa shape index (κ3) is 4.73. The summed E-state index contributed by atoms with van der Waals surface area (Å²) < 4.78 is 3.78. The number of aromatic nitrogens is 1. The predicted molar refractivity (Wildman–Crippen MR) is 190 cm³/mol. The van der Waals surface area contributed by atoms with E-state index in [1.807, 2.05) is 11.3 Å². The summed E-state index contributed by atoms with van der Waals surface area (Å²) in [6.07, 6.45) is 0. The molecule has 0 amide bonds. The van der Waals surface area contributed by atoms with Gasteiger partial charge in [0.1, 0.15) is 0 Å². The van der Waals surface area contributed by atoms with E-state index in [1.165, 1.54) is 87.0 Å². The Kier molecular flexibility index (Phi) is 6.87. The summed E-state index contributed by atoms with van der Waals surface area (Å²) in [6.45, 7) is 13.7. The summed E-state index contributed by atoms with van der Waals surface area (Å²) in [5.74, 6) is 0. The Bertz CT molecular complexity index is 1990. The zero-order valence-corrected chi connectivity index (χ0v) is 26.6. The minimum Gasteiger partial charge on any atom is -0.309 e. The Morgan fingerprint density at radius 3 is 1.47 bits per heavy atom. The van der Waals surface area contributed by atoms with Crippen LogP contribution in [0.1, 0.15) is 33.4 Å². The van der Waals surface area contributed by atoms with Crippen molar-refractivity contribution < 1.29 is 0 Å². The van der Waals surface area contributed by atoms with Gasteiger partial charge in [-0.2, -0.15) is 0 Å². The molecule has 0 N–H and O–H groups in total. The van der Waals surface area contributed by atoms with Crippen LogP contribution in [0.25, 0.3) is 37.9 Å². The molecule has 43 heavy (non-hydrogen) atoms. The van der Waals surface area contributed by atoms with E-state index in [2.05, 4.69) is 155 Å². The molecule has 0 fully saturated rings. The number of aryl methyl sites for hydroxylation is 6. The molecule has 0 aliphatic heterocycles. The van der Waals surface area contributed by atoms with Gasteiger partial charge < -0.3 is 4.57 Å². The smallest absolute Gasteiger partial charge is 0.255 e. The molecule has 2 heterocycles. The zero-order valence-electron chi connectivity index (χ0n) is 25.8. The van der Waals surface area contributed by atoms with Crippen molar-refractivity contribution in [1.82, 2.24) is 4.57 Å². The van der Waals surface area contributed by atoms with Gasteiger partial charge in [0, 0.05) is 21.3 Å². The normalized spacial score (nSPS) is 11.5. The summed E-state index contributed by atoms with van der Waals surface area (Å²) in [4.78, 5) is 1.30. The van der Waals surface area contributed by atoms with E-state index < -0.39 is 0 Å². The molecular formula is C40H36BNS. The number of hydrogen-bond donors (Lipinski definition) is 0. The molecule has 7 aromatic rings. The summed E-state index contributed by atoms with van der Waals surface area (Å²) in [7, 11) is 0. The van der Waals surface area contributed by atoms with Gasteiger partial charge in [-0.05, 0) is 82.2 Å². The second kappa shape index (κ2) is 10.7. The molecule has 0 spiro atoms. The third-order valence-corrected chi connectivity index (χ3v) is 10.2. The van der Waals surface area contributed by atoms with Gasteiger partial charge in [-0.15, -0.1) is 11.3 Å². The van der Waals surface area contributed by atoms with E-state index >= 15 is 0 Å². The second-order valence-electron chi connectivity index (χ2n) is 12.2. The highest BCUT2D eigenvalue weighted by Crippen LogP contribution is 2.33. The summed E-state index contributed by atoms with van der Waals surface area (Å²) >= 11 is 1.93. The molecule has 1 nitrogen and oxygen atoms in total. The molecule has 0 saturated heterocycles. The van der Waals surface area contributed by atoms with Gasteiger partial charge >= 0.3 is 0 Å². The minimum absolute atomic E-state index is 0.205. The van der Waals surface area contributed by atoms with Crippen molar-refractivity contribution in [2.24, 2.45) is 0 Å². The number of thiophene rings is 1. The molecule has 5 aromatic carbocycles. The largest absolute Gasteiger partial charge is 0.309 e. The molecule has 2 aromatic heterocycles. The fourth-order valence-corrected chi connectivity index (χ4v) is 8.49. The maximum absolute atomic E-state index is 2.39. The molecule has 7 rings (SSSR count). The molecule has 0 aliphatic rings. The fraction of sp³-hybridized carbons (Fsp3) is 0.150. The number of benzene rings is 5. The van der Waals surface area contributed by atoms with E-state index in [0.717, 1.165) is 0 Å². The minimum atomic E-state index is 0.205. The Morgan fingerprint density at radius 2 is 0.977 bits per heavy atom. The van der Waals surface area contributed by atoms with Gasteiger partial charge in [-0.25, -0.2) is 0 Å². The lowest BCUT2D eigenvalue weighted by Gasteiger charge is -2.23. The highest BCUT2D eigenvalue weighted by atomic mass is 32.1. The Balaban J connectivity index is 1.33. The van der Waals surface area contributed by atoms with Crippen molar-refractivity contribution in [3.05, 3.63) is 143 Å². The second-order valence-corrected chi connectivity index (χ2v) is 13.3. The molecule has 3 heteroatoms. The van der Waals surface area contributed by atoms with Gasteiger partial charge in [0.15, 0.2) is 0 Å². The van der Waals surface area contributed by atoms with Crippen LogP contribution in [0.15, 0.2) is 109 Å². The van der Waals surface area contributed by atoms with Crippen LogP contribution in [-0.2, 0) is 0 Å². The van der Waals surface area contributed by atoms with E-state index in [0.29, 0.717) is 0 Å². The Morgan fingerprint density at radius 1 is 0.512 bits per heavy atom. The topological polar surface area (TPSA) is 4.93 Å². The van der Waals surface area contributed by atoms with E-state index in [4.69, 9.17) is 0 Å². The summed E-state index contributed by atoms with van der Waals surface area (Å²) in [5.41, 5.74) is 15.9. The van der Waals surface area contributed by atoms with Crippen LogP contribution in [0.4, 0.5) is 0 Å². The van der Waals surface area contributed by atoms with Gasteiger partial charge in [0.05, 0.1) is 11.0 Å². The first-order valence-electron chi connectivity index (χ1n) is 15.1. The van der Waals surface area contributed by atoms with Gasteiger partial charge in [-0.1, -0.05) is 123 Å². The molecule has 0 unspecified atom stereocenters. The molecule has 210 valence electrons. The average molecular weight is 574 g/mol. The Labute approximate surface area is 259 Å². The number of hydrogen-bond acceptors (Lipinski definition) is 1. The highest BCUT2D eigenvalue weighted by Gasteiger charge is 2.30. The highest BCUT2D eigenvalue weighted by molar-refractivity contribution is 7.29. The molecule has 0 aliphatic carbocycles.